The third kappa shape index (κ3) is 3.81. The van der Waals surface area contributed by atoms with Crippen molar-refractivity contribution in [3.05, 3.63) is 54.9 Å². The Balaban J connectivity index is 1.98. The van der Waals surface area contributed by atoms with E-state index < -0.39 is 16.8 Å². The van der Waals surface area contributed by atoms with E-state index in [0.29, 0.717) is 16.5 Å². The number of carbonyl (C=O) groups excluding carboxylic acids is 2. The van der Waals surface area contributed by atoms with Crippen LogP contribution in [0.3, 0.4) is 0 Å². The number of nitro groups is 1. The van der Waals surface area contributed by atoms with Crippen LogP contribution in [-0.2, 0) is 17.6 Å². The summed E-state index contributed by atoms with van der Waals surface area (Å²) in [6.45, 7) is 2.14. The summed E-state index contributed by atoms with van der Waals surface area (Å²) in [7, 11) is 1.29. The number of halogens is 1. The number of non-ortho nitro benzene ring substituents is 1. The standard InChI is InChI=1S/C18H17ClN2O5S/c1-9-3-5-11-14(7-9)27-17(15(11)18(23)26-2)20-16(22)12-8-10(21(24)25)4-6-13(12)19/h4,6,8-9H,3,5,7H2,1-2H3,(H,20,22)/t9-/m1/s1. The highest BCUT2D eigenvalue weighted by molar-refractivity contribution is 7.17. The van der Waals surface area contributed by atoms with Crippen molar-refractivity contribution in [3.8, 4) is 0 Å². The zero-order valence-corrected chi connectivity index (χ0v) is 16.3. The Morgan fingerprint density at radius 3 is 2.81 bits per heavy atom. The molecule has 142 valence electrons. The molecule has 27 heavy (non-hydrogen) atoms. The Labute approximate surface area is 164 Å². The van der Waals surface area contributed by atoms with E-state index in [4.69, 9.17) is 16.3 Å². The largest absolute Gasteiger partial charge is 0.465 e. The Morgan fingerprint density at radius 2 is 2.15 bits per heavy atom. The number of carbonyl (C=O) groups is 2. The molecule has 1 N–H and O–H groups in total. The number of anilines is 1. The summed E-state index contributed by atoms with van der Waals surface area (Å²) < 4.78 is 4.89. The number of benzene rings is 1. The minimum atomic E-state index is -0.611. The monoisotopic (exact) mass is 408 g/mol. The van der Waals surface area contributed by atoms with Crippen LogP contribution in [0, 0.1) is 16.0 Å². The van der Waals surface area contributed by atoms with Gasteiger partial charge in [-0.15, -0.1) is 11.3 Å². The van der Waals surface area contributed by atoms with Crippen molar-refractivity contribution in [2.75, 3.05) is 12.4 Å². The number of rotatable bonds is 4. The van der Waals surface area contributed by atoms with Gasteiger partial charge in [0.15, 0.2) is 0 Å². The first-order valence-electron chi connectivity index (χ1n) is 8.30. The predicted molar refractivity (Wildman–Crippen MR) is 103 cm³/mol. The first-order valence-corrected chi connectivity index (χ1v) is 9.49. The number of fused-ring (bicyclic) bond motifs is 1. The fourth-order valence-electron chi connectivity index (χ4n) is 3.13. The van der Waals surface area contributed by atoms with E-state index in [-0.39, 0.29) is 16.3 Å². The molecule has 1 heterocycles. The summed E-state index contributed by atoms with van der Waals surface area (Å²) in [4.78, 5) is 36.4. The molecule has 9 heteroatoms. The summed E-state index contributed by atoms with van der Waals surface area (Å²) in [5.41, 5.74) is 1.00. The average molecular weight is 409 g/mol. The maximum atomic E-state index is 12.7. The number of hydrogen-bond acceptors (Lipinski definition) is 6. The van der Waals surface area contributed by atoms with Gasteiger partial charge in [0.2, 0.25) is 0 Å². The van der Waals surface area contributed by atoms with E-state index in [1.807, 2.05) is 0 Å². The van der Waals surface area contributed by atoms with Crippen LogP contribution >= 0.6 is 22.9 Å². The second-order valence-electron chi connectivity index (χ2n) is 6.42. The van der Waals surface area contributed by atoms with Crippen LogP contribution in [0.25, 0.3) is 0 Å². The maximum Gasteiger partial charge on any atom is 0.341 e. The fourth-order valence-corrected chi connectivity index (χ4v) is 4.73. The van der Waals surface area contributed by atoms with E-state index in [0.717, 1.165) is 35.8 Å². The van der Waals surface area contributed by atoms with E-state index in [9.17, 15) is 19.7 Å². The van der Waals surface area contributed by atoms with Gasteiger partial charge in [0.25, 0.3) is 11.6 Å². The van der Waals surface area contributed by atoms with Gasteiger partial charge in [-0.25, -0.2) is 4.79 Å². The Hall–Kier alpha value is -2.45. The van der Waals surface area contributed by atoms with Crippen LogP contribution < -0.4 is 5.32 Å². The van der Waals surface area contributed by atoms with Crippen LogP contribution in [0.5, 0.6) is 0 Å². The van der Waals surface area contributed by atoms with Crippen molar-refractivity contribution in [1.82, 2.24) is 0 Å². The quantitative estimate of drug-likeness (QED) is 0.457. The second-order valence-corrected chi connectivity index (χ2v) is 7.94. The van der Waals surface area contributed by atoms with E-state index in [1.165, 1.54) is 30.6 Å². The predicted octanol–water partition coefficient (Wildman–Crippen LogP) is 4.47. The topological polar surface area (TPSA) is 98.5 Å². The smallest absolute Gasteiger partial charge is 0.341 e. The molecule has 0 bridgehead atoms. The van der Waals surface area contributed by atoms with Gasteiger partial charge >= 0.3 is 5.97 Å². The van der Waals surface area contributed by atoms with Crippen molar-refractivity contribution in [2.45, 2.75) is 26.2 Å². The van der Waals surface area contributed by atoms with Crippen molar-refractivity contribution in [1.29, 1.82) is 0 Å². The molecule has 0 saturated heterocycles. The lowest BCUT2D eigenvalue weighted by Crippen LogP contribution is -2.16. The highest BCUT2D eigenvalue weighted by Gasteiger charge is 2.29. The molecule has 0 radical (unpaired) electrons. The number of hydrogen-bond donors (Lipinski definition) is 1. The first kappa shape index (κ1) is 19.3. The van der Waals surface area contributed by atoms with Gasteiger partial charge < -0.3 is 10.1 Å². The number of esters is 1. The number of ether oxygens (including phenoxy) is 1. The molecule has 1 amide bonds. The Kier molecular flexibility index (Phi) is 5.48. The number of thiophene rings is 1. The van der Waals surface area contributed by atoms with Gasteiger partial charge in [-0.3, -0.25) is 14.9 Å². The highest BCUT2D eigenvalue weighted by Crippen LogP contribution is 2.40. The lowest BCUT2D eigenvalue weighted by Gasteiger charge is -2.18. The molecule has 3 rings (SSSR count). The minimum Gasteiger partial charge on any atom is -0.465 e. The number of nitrogens with zero attached hydrogens (tertiary/aromatic N) is 1. The zero-order valence-electron chi connectivity index (χ0n) is 14.7. The molecule has 7 nitrogen and oxygen atoms in total. The number of nitro benzene ring substituents is 1. The molecule has 1 aliphatic rings. The van der Waals surface area contributed by atoms with Gasteiger partial charge in [0, 0.05) is 17.0 Å². The number of amides is 1. The SMILES string of the molecule is COC(=O)c1c(NC(=O)c2cc([N+](=O)[O-])ccc2Cl)sc2c1CC[C@@H](C)C2. The molecule has 1 atom stereocenters. The van der Waals surface area contributed by atoms with Crippen molar-refractivity contribution >= 4 is 45.5 Å². The summed E-state index contributed by atoms with van der Waals surface area (Å²) in [6.07, 6.45) is 2.53. The average Bonchev–Trinajstić information content (AvgIpc) is 2.97. The molecule has 1 aromatic carbocycles. The van der Waals surface area contributed by atoms with Gasteiger partial charge in [0.1, 0.15) is 5.00 Å². The summed E-state index contributed by atoms with van der Waals surface area (Å²) in [5, 5.41) is 14.1. The van der Waals surface area contributed by atoms with Crippen LogP contribution in [0.4, 0.5) is 10.7 Å². The normalized spacial score (nSPS) is 15.7. The fraction of sp³-hybridized carbons (Fsp3) is 0.333. The molecule has 0 fully saturated rings. The maximum absolute atomic E-state index is 12.7. The highest BCUT2D eigenvalue weighted by atomic mass is 35.5. The van der Waals surface area contributed by atoms with Gasteiger partial charge in [-0.2, -0.15) is 0 Å². The van der Waals surface area contributed by atoms with Crippen molar-refractivity contribution in [3.63, 3.8) is 0 Å². The molecule has 0 saturated carbocycles. The van der Waals surface area contributed by atoms with Gasteiger partial charge in [-0.05, 0) is 36.8 Å². The molecule has 2 aromatic rings. The van der Waals surface area contributed by atoms with E-state index >= 15 is 0 Å². The Morgan fingerprint density at radius 1 is 1.41 bits per heavy atom. The summed E-state index contributed by atoms with van der Waals surface area (Å²) in [5.74, 6) is -0.626. The van der Waals surface area contributed by atoms with Gasteiger partial charge in [-0.1, -0.05) is 18.5 Å². The lowest BCUT2D eigenvalue weighted by molar-refractivity contribution is -0.384. The molecule has 1 aliphatic carbocycles. The Bertz CT molecular complexity index is 940. The lowest BCUT2D eigenvalue weighted by atomic mass is 9.88. The molecular weight excluding hydrogens is 392 g/mol. The summed E-state index contributed by atoms with van der Waals surface area (Å²) >= 11 is 7.38. The van der Waals surface area contributed by atoms with Crippen LogP contribution in [0.15, 0.2) is 18.2 Å². The third-order valence-corrected chi connectivity index (χ3v) is 6.03. The second kappa shape index (κ2) is 7.66. The van der Waals surface area contributed by atoms with E-state index in [2.05, 4.69) is 12.2 Å². The third-order valence-electron chi connectivity index (χ3n) is 4.53. The van der Waals surface area contributed by atoms with Crippen LogP contribution in [0.1, 0.15) is 44.5 Å². The molecule has 0 spiro atoms. The molecular formula is C18H17ClN2O5S. The molecule has 1 aromatic heterocycles. The van der Waals surface area contributed by atoms with Crippen molar-refractivity contribution in [2.24, 2.45) is 5.92 Å². The molecule has 0 unspecified atom stereocenters. The zero-order chi connectivity index (χ0) is 19.7. The van der Waals surface area contributed by atoms with E-state index in [1.54, 1.807) is 0 Å². The number of nitrogens with one attached hydrogen (secondary N) is 1. The minimum absolute atomic E-state index is 0.0265. The van der Waals surface area contributed by atoms with Crippen LogP contribution in [-0.4, -0.2) is 23.9 Å². The summed E-state index contributed by atoms with van der Waals surface area (Å²) in [6, 6.07) is 3.65. The van der Waals surface area contributed by atoms with Crippen molar-refractivity contribution < 1.29 is 19.2 Å². The van der Waals surface area contributed by atoms with Gasteiger partial charge in [0.05, 0.1) is 28.2 Å². The molecule has 0 aliphatic heterocycles. The number of methoxy groups -OCH3 is 1. The first-order chi connectivity index (χ1) is 12.8. The van der Waals surface area contributed by atoms with Crippen LogP contribution in [0.2, 0.25) is 5.02 Å².